The van der Waals surface area contributed by atoms with Gasteiger partial charge in [-0.1, -0.05) is 23.8 Å². The number of hydrogen-bond acceptors (Lipinski definition) is 3. The molecule has 0 aliphatic carbocycles. The number of ether oxygens (including phenoxy) is 1. The lowest BCUT2D eigenvalue weighted by molar-refractivity contribution is 0.414. The molecule has 0 saturated carbocycles. The molecule has 0 amide bonds. The fourth-order valence-corrected chi connectivity index (χ4v) is 3.84. The van der Waals surface area contributed by atoms with Crippen LogP contribution in [0, 0.1) is 12.7 Å². The van der Waals surface area contributed by atoms with Crippen molar-refractivity contribution in [2.24, 2.45) is 0 Å². The van der Waals surface area contributed by atoms with Crippen LogP contribution in [0.4, 0.5) is 4.39 Å². The number of methoxy groups -OCH3 is 1. The van der Waals surface area contributed by atoms with Crippen LogP contribution in [-0.4, -0.2) is 21.9 Å². The highest BCUT2D eigenvalue weighted by Crippen LogP contribution is 2.37. The molecule has 30 heavy (non-hydrogen) atoms. The molecular formula is C25H20FN3O. The third-order valence-electron chi connectivity index (χ3n) is 5.39. The van der Waals surface area contributed by atoms with Gasteiger partial charge in [0.15, 0.2) is 0 Å². The van der Waals surface area contributed by atoms with E-state index in [-0.39, 0.29) is 5.82 Å². The molecule has 0 bridgehead atoms. The summed E-state index contributed by atoms with van der Waals surface area (Å²) in [5.41, 5.74) is 6.84. The van der Waals surface area contributed by atoms with E-state index < -0.39 is 0 Å². The van der Waals surface area contributed by atoms with Gasteiger partial charge < -0.3 is 9.30 Å². The van der Waals surface area contributed by atoms with Gasteiger partial charge in [-0.3, -0.25) is 0 Å². The maximum Gasteiger partial charge on any atom is 0.123 e. The van der Waals surface area contributed by atoms with Crippen molar-refractivity contribution < 1.29 is 9.13 Å². The van der Waals surface area contributed by atoms with Crippen LogP contribution >= 0.6 is 0 Å². The molecule has 0 saturated heterocycles. The van der Waals surface area contributed by atoms with Crippen molar-refractivity contribution in [3.63, 3.8) is 0 Å². The van der Waals surface area contributed by atoms with Gasteiger partial charge in [0.1, 0.15) is 23.0 Å². The molecular weight excluding hydrogens is 377 g/mol. The summed E-state index contributed by atoms with van der Waals surface area (Å²) in [5.74, 6) is 0.570. The van der Waals surface area contributed by atoms with Crippen molar-refractivity contribution in [2.75, 3.05) is 7.11 Å². The van der Waals surface area contributed by atoms with Gasteiger partial charge in [-0.05, 0) is 61.0 Å². The number of pyridine rings is 1. The first-order valence-corrected chi connectivity index (χ1v) is 9.77. The second kappa shape index (κ2) is 7.26. The zero-order chi connectivity index (χ0) is 20.7. The molecule has 0 atom stereocenters. The van der Waals surface area contributed by atoms with E-state index in [2.05, 4.69) is 58.2 Å². The molecule has 3 aromatic rings. The van der Waals surface area contributed by atoms with Crippen LogP contribution < -0.4 is 4.74 Å². The van der Waals surface area contributed by atoms with E-state index in [4.69, 9.17) is 4.74 Å². The van der Waals surface area contributed by atoms with E-state index in [1.807, 2.05) is 12.1 Å². The van der Waals surface area contributed by atoms with Crippen molar-refractivity contribution in [1.29, 1.82) is 0 Å². The van der Waals surface area contributed by atoms with Gasteiger partial charge >= 0.3 is 0 Å². The predicted molar refractivity (Wildman–Crippen MR) is 116 cm³/mol. The Hall–Kier alpha value is -3.73. The van der Waals surface area contributed by atoms with Crippen molar-refractivity contribution in [1.82, 2.24) is 14.8 Å². The maximum atomic E-state index is 13.4. The third-order valence-corrected chi connectivity index (χ3v) is 5.39. The normalized spacial score (nSPS) is 11.3. The summed E-state index contributed by atoms with van der Waals surface area (Å²) in [7, 11) is 1.67. The Kier molecular flexibility index (Phi) is 4.43. The first-order chi connectivity index (χ1) is 14.6. The van der Waals surface area contributed by atoms with Gasteiger partial charge in [0.05, 0.1) is 12.6 Å². The fraction of sp³-hybridized carbons (Fsp3) is 0.120. The summed E-state index contributed by atoms with van der Waals surface area (Å²) in [6.45, 7) is 2.77. The number of aryl methyl sites for hydroxylation is 1. The van der Waals surface area contributed by atoms with Crippen LogP contribution in [0.1, 0.15) is 11.1 Å². The van der Waals surface area contributed by atoms with Crippen LogP contribution in [0.15, 0.2) is 72.9 Å². The van der Waals surface area contributed by atoms with Gasteiger partial charge in [0.2, 0.25) is 0 Å². The number of rotatable bonds is 4. The minimum absolute atomic E-state index is 0.266. The quantitative estimate of drug-likeness (QED) is 0.390. The number of nitrogens with zero attached hydrogens (tertiary/aromatic N) is 3. The minimum Gasteiger partial charge on any atom is -0.497 e. The second-order valence-corrected chi connectivity index (χ2v) is 7.44. The van der Waals surface area contributed by atoms with Crippen LogP contribution in [0.25, 0.3) is 33.4 Å². The Balaban J connectivity index is 1.69. The van der Waals surface area contributed by atoms with E-state index in [9.17, 15) is 4.39 Å². The van der Waals surface area contributed by atoms with Crippen molar-refractivity contribution >= 4 is 10.9 Å². The van der Waals surface area contributed by atoms with E-state index in [0.717, 1.165) is 50.3 Å². The maximum absolute atomic E-state index is 13.4. The Morgan fingerprint density at radius 3 is 2.37 bits per heavy atom. The monoisotopic (exact) mass is 397 g/mol. The molecule has 5 heteroatoms. The number of benzene rings is 3. The molecule has 2 heterocycles. The molecule has 0 radical (unpaired) electrons. The highest BCUT2D eigenvalue weighted by Gasteiger charge is 2.20. The van der Waals surface area contributed by atoms with Crippen LogP contribution in [0.3, 0.4) is 0 Å². The molecule has 0 fully saturated rings. The van der Waals surface area contributed by atoms with E-state index in [1.165, 1.54) is 12.1 Å². The number of hydrogen-bond donors (Lipinski definition) is 0. The van der Waals surface area contributed by atoms with E-state index in [1.54, 1.807) is 19.2 Å². The van der Waals surface area contributed by atoms with Gasteiger partial charge in [-0.25, -0.2) is 4.39 Å². The largest absolute Gasteiger partial charge is 0.497 e. The lowest BCUT2D eigenvalue weighted by Gasteiger charge is -2.16. The van der Waals surface area contributed by atoms with Crippen LogP contribution in [0.5, 0.6) is 5.75 Å². The highest BCUT2D eigenvalue weighted by atomic mass is 19.1. The first-order valence-electron chi connectivity index (χ1n) is 9.77. The third kappa shape index (κ3) is 3.18. The molecule has 2 aliphatic heterocycles. The molecule has 3 aromatic carbocycles. The number of aromatic nitrogens is 3. The van der Waals surface area contributed by atoms with Crippen LogP contribution in [-0.2, 0) is 6.54 Å². The summed E-state index contributed by atoms with van der Waals surface area (Å²) in [6.07, 6.45) is 2.09. The summed E-state index contributed by atoms with van der Waals surface area (Å²) < 4.78 is 20.9. The Morgan fingerprint density at radius 2 is 1.63 bits per heavy atom. The van der Waals surface area contributed by atoms with Gasteiger partial charge in [-0.2, -0.15) is 0 Å². The topological polar surface area (TPSA) is 39.9 Å². The van der Waals surface area contributed by atoms with Crippen molar-refractivity contribution in [3.8, 4) is 28.3 Å². The minimum atomic E-state index is -0.266. The molecule has 2 aliphatic rings. The molecule has 148 valence electrons. The highest BCUT2D eigenvalue weighted by molar-refractivity contribution is 5.98. The van der Waals surface area contributed by atoms with Crippen molar-refractivity contribution in [2.45, 2.75) is 13.5 Å². The predicted octanol–water partition coefficient (Wildman–Crippen LogP) is 5.71. The smallest absolute Gasteiger partial charge is 0.123 e. The molecule has 0 N–H and O–H groups in total. The Labute approximate surface area is 173 Å². The summed E-state index contributed by atoms with van der Waals surface area (Å²) in [5, 5.41) is 9.98. The SMILES string of the molecule is COc1ccc(Cn2cc3c(-c4ccc(F)cc4)nnc-3c3cc(C)ccc32)cc1. The van der Waals surface area contributed by atoms with Crippen LogP contribution in [0.2, 0.25) is 0 Å². The fourth-order valence-electron chi connectivity index (χ4n) is 3.84. The Morgan fingerprint density at radius 1 is 0.900 bits per heavy atom. The lowest BCUT2D eigenvalue weighted by Crippen LogP contribution is -2.04. The molecule has 0 spiro atoms. The van der Waals surface area contributed by atoms with Gasteiger partial charge in [0, 0.05) is 29.3 Å². The average molecular weight is 397 g/mol. The van der Waals surface area contributed by atoms with E-state index in [0.29, 0.717) is 6.54 Å². The average Bonchev–Trinajstić information content (AvgIpc) is 3.19. The lowest BCUT2D eigenvalue weighted by atomic mass is 10.0. The van der Waals surface area contributed by atoms with Crippen molar-refractivity contribution in [3.05, 3.63) is 89.9 Å². The first kappa shape index (κ1) is 18.3. The van der Waals surface area contributed by atoms with E-state index >= 15 is 0 Å². The Bertz CT molecular complexity index is 1310. The van der Waals surface area contributed by atoms with Gasteiger partial charge in [0.25, 0.3) is 0 Å². The molecule has 4 nitrogen and oxygen atoms in total. The second-order valence-electron chi connectivity index (χ2n) is 7.44. The molecule has 0 aromatic heterocycles. The number of fused-ring (bicyclic) bond motifs is 3. The summed E-state index contributed by atoms with van der Waals surface area (Å²) >= 11 is 0. The van der Waals surface area contributed by atoms with Gasteiger partial charge in [-0.15, -0.1) is 10.2 Å². The zero-order valence-corrected chi connectivity index (χ0v) is 16.8. The molecule has 5 rings (SSSR count). The number of halogens is 1. The zero-order valence-electron chi connectivity index (χ0n) is 16.8. The summed E-state index contributed by atoms with van der Waals surface area (Å²) in [4.78, 5) is 0. The standard InChI is InChI=1S/C25H20FN3O/c1-16-3-12-23-21(13-16)25-22(24(27-28-25)18-6-8-19(26)9-7-18)15-29(23)14-17-4-10-20(30-2)11-5-17/h3-13,15H,14H2,1-2H3. The molecule has 0 unspecified atom stereocenters. The summed E-state index contributed by atoms with van der Waals surface area (Å²) in [6, 6.07) is 20.8.